The lowest BCUT2D eigenvalue weighted by molar-refractivity contribution is -0.117. The molecule has 2 aromatic carbocycles. The number of hydrogen-bond acceptors (Lipinski definition) is 4. The van der Waals surface area contributed by atoms with Crippen molar-refractivity contribution in [3.63, 3.8) is 0 Å². The average Bonchev–Trinajstić information content (AvgIpc) is 3.27. The van der Waals surface area contributed by atoms with Crippen LogP contribution in [0.3, 0.4) is 0 Å². The summed E-state index contributed by atoms with van der Waals surface area (Å²) in [6.45, 7) is 1.20. The number of hydrogen-bond donors (Lipinski definition) is 1. The van der Waals surface area contributed by atoms with Gasteiger partial charge in [0, 0.05) is 36.4 Å². The van der Waals surface area contributed by atoms with Crippen molar-refractivity contribution < 1.29 is 18.0 Å². The van der Waals surface area contributed by atoms with Gasteiger partial charge < -0.3 is 10.2 Å². The van der Waals surface area contributed by atoms with Crippen LogP contribution in [0.15, 0.2) is 48.5 Å². The van der Waals surface area contributed by atoms with E-state index in [1.807, 2.05) is 0 Å². The Labute approximate surface area is 164 Å². The Morgan fingerprint density at radius 1 is 0.893 bits per heavy atom. The minimum Gasteiger partial charge on any atom is -0.322 e. The van der Waals surface area contributed by atoms with Crippen molar-refractivity contribution in [2.24, 2.45) is 0 Å². The van der Waals surface area contributed by atoms with E-state index < -0.39 is 10.0 Å². The van der Waals surface area contributed by atoms with Crippen LogP contribution >= 0.6 is 0 Å². The second kappa shape index (κ2) is 7.27. The second-order valence-electron chi connectivity index (χ2n) is 6.94. The van der Waals surface area contributed by atoms with Gasteiger partial charge in [0.25, 0.3) is 5.91 Å². The number of carbonyl (C=O) groups excluding carboxylic acids is 2. The van der Waals surface area contributed by atoms with Crippen molar-refractivity contribution in [1.82, 2.24) is 0 Å². The van der Waals surface area contributed by atoms with Gasteiger partial charge in [-0.05, 0) is 61.4 Å². The number of carbonyl (C=O) groups is 2. The topological polar surface area (TPSA) is 86.8 Å². The Morgan fingerprint density at radius 3 is 2.14 bits per heavy atom. The van der Waals surface area contributed by atoms with E-state index in [4.69, 9.17) is 0 Å². The SMILES string of the molecule is O=C(Nc1ccc(N2CCCS2(=O)=O)cc1)c1ccc(N2CCCC2=O)cc1. The van der Waals surface area contributed by atoms with Gasteiger partial charge in [-0.3, -0.25) is 13.9 Å². The maximum atomic E-state index is 12.5. The molecular formula is C20H21N3O4S. The number of nitrogens with one attached hydrogen (secondary N) is 1. The second-order valence-corrected chi connectivity index (χ2v) is 8.95. The first kappa shape index (κ1) is 18.5. The van der Waals surface area contributed by atoms with Gasteiger partial charge in [-0.25, -0.2) is 8.42 Å². The summed E-state index contributed by atoms with van der Waals surface area (Å²) in [4.78, 5) is 26.0. The van der Waals surface area contributed by atoms with E-state index in [-0.39, 0.29) is 17.6 Å². The third kappa shape index (κ3) is 3.60. The fraction of sp³-hybridized carbons (Fsp3) is 0.300. The molecule has 2 heterocycles. The van der Waals surface area contributed by atoms with Gasteiger partial charge in [0.1, 0.15) is 0 Å². The lowest BCUT2D eigenvalue weighted by atomic mass is 10.1. The van der Waals surface area contributed by atoms with Crippen LogP contribution in [-0.4, -0.2) is 39.1 Å². The van der Waals surface area contributed by atoms with Crippen molar-refractivity contribution >= 4 is 38.9 Å². The molecule has 2 fully saturated rings. The summed E-state index contributed by atoms with van der Waals surface area (Å²) >= 11 is 0. The molecule has 7 nitrogen and oxygen atoms in total. The zero-order valence-electron chi connectivity index (χ0n) is 15.3. The van der Waals surface area contributed by atoms with E-state index in [2.05, 4.69) is 5.32 Å². The maximum Gasteiger partial charge on any atom is 0.255 e. The summed E-state index contributed by atoms with van der Waals surface area (Å²) in [6.07, 6.45) is 2.05. The van der Waals surface area contributed by atoms with Crippen LogP contribution in [0, 0.1) is 0 Å². The molecule has 0 saturated carbocycles. The van der Waals surface area contributed by atoms with Gasteiger partial charge in [-0.1, -0.05) is 0 Å². The van der Waals surface area contributed by atoms with Crippen molar-refractivity contribution in [2.45, 2.75) is 19.3 Å². The molecular weight excluding hydrogens is 378 g/mol. The first-order valence-corrected chi connectivity index (χ1v) is 10.9. The number of amides is 2. The zero-order valence-corrected chi connectivity index (χ0v) is 16.1. The van der Waals surface area contributed by atoms with E-state index >= 15 is 0 Å². The summed E-state index contributed by atoms with van der Waals surface area (Å²) in [5.74, 6) is 0.0166. The van der Waals surface area contributed by atoms with Crippen LogP contribution in [0.5, 0.6) is 0 Å². The summed E-state index contributed by atoms with van der Waals surface area (Å²) in [5.41, 5.74) is 2.48. The number of benzene rings is 2. The summed E-state index contributed by atoms with van der Waals surface area (Å²) in [7, 11) is -3.22. The third-order valence-electron chi connectivity index (χ3n) is 5.03. The molecule has 0 radical (unpaired) electrons. The van der Waals surface area contributed by atoms with Crippen molar-refractivity contribution in [3.8, 4) is 0 Å². The number of rotatable bonds is 4. The Morgan fingerprint density at radius 2 is 1.57 bits per heavy atom. The minimum absolute atomic E-state index is 0.109. The maximum absolute atomic E-state index is 12.5. The van der Waals surface area contributed by atoms with E-state index in [0.717, 1.165) is 12.1 Å². The van der Waals surface area contributed by atoms with E-state index in [9.17, 15) is 18.0 Å². The van der Waals surface area contributed by atoms with Crippen LogP contribution in [0.1, 0.15) is 29.6 Å². The van der Waals surface area contributed by atoms with Crippen molar-refractivity contribution in [1.29, 1.82) is 0 Å². The molecule has 0 atom stereocenters. The number of sulfonamides is 1. The summed E-state index contributed by atoms with van der Waals surface area (Å²) in [6, 6.07) is 13.7. The van der Waals surface area contributed by atoms with E-state index in [1.165, 1.54) is 4.31 Å². The quantitative estimate of drug-likeness (QED) is 0.856. The molecule has 8 heteroatoms. The van der Waals surface area contributed by atoms with Gasteiger partial charge >= 0.3 is 0 Å². The highest BCUT2D eigenvalue weighted by Gasteiger charge is 2.28. The first-order chi connectivity index (χ1) is 13.4. The van der Waals surface area contributed by atoms with Crippen LogP contribution in [0.4, 0.5) is 17.1 Å². The fourth-order valence-electron chi connectivity index (χ4n) is 3.56. The molecule has 0 aliphatic carbocycles. The largest absolute Gasteiger partial charge is 0.322 e. The lowest BCUT2D eigenvalue weighted by Crippen LogP contribution is -2.25. The molecule has 28 heavy (non-hydrogen) atoms. The highest BCUT2D eigenvalue weighted by atomic mass is 32.2. The monoisotopic (exact) mass is 399 g/mol. The van der Waals surface area contributed by atoms with Crippen LogP contribution < -0.4 is 14.5 Å². The summed E-state index contributed by atoms with van der Waals surface area (Å²) in [5, 5.41) is 2.81. The van der Waals surface area contributed by atoms with E-state index in [1.54, 1.807) is 53.4 Å². The van der Waals surface area contributed by atoms with Gasteiger partial charge in [0.15, 0.2) is 0 Å². The van der Waals surface area contributed by atoms with E-state index in [0.29, 0.717) is 42.9 Å². The molecule has 2 aliphatic heterocycles. The smallest absolute Gasteiger partial charge is 0.255 e. The van der Waals surface area contributed by atoms with Crippen LogP contribution in [0.2, 0.25) is 0 Å². The van der Waals surface area contributed by atoms with Gasteiger partial charge in [0.2, 0.25) is 15.9 Å². The molecule has 0 unspecified atom stereocenters. The van der Waals surface area contributed by atoms with Gasteiger partial charge in [-0.2, -0.15) is 0 Å². The molecule has 146 valence electrons. The van der Waals surface area contributed by atoms with Crippen LogP contribution in [0.25, 0.3) is 0 Å². The normalized spacial score (nSPS) is 18.5. The molecule has 0 spiro atoms. The van der Waals surface area contributed by atoms with Crippen molar-refractivity contribution in [2.75, 3.05) is 33.4 Å². The van der Waals surface area contributed by atoms with Crippen LogP contribution in [-0.2, 0) is 14.8 Å². The number of anilines is 3. The first-order valence-electron chi connectivity index (χ1n) is 9.26. The molecule has 1 N–H and O–H groups in total. The predicted octanol–water partition coefficient (Wildman–Crippen LogP) is 2.61. The Hall–Kier alpha value is -2.87. The van der Waals surface area contributed by atoms with Gasteiger partial charge in [-0.15, -0.1) is 0 Å². The highest BCUT2D eigenvalue weighted by Crippen LogP contribution is 2.26. The Kier molecular flexibility index (Phi) is 4.80. The molecule has 4 rings (SSSR count). The number of nitrogens with zero attached hydrogens (tertiary/aromatic N) is 2. The minimum atomic E-state index is -3.22. The van der Waals surface area contributed by atoms with Crippen molar-refractivity contribution in [3.05, 3.63) is 54.1 Å². The summed E-state index contributed by atoms with van der Waals surface area (Å²) < 4.78 is 25.4. The molecule has 2 saturated heterocycles. The average molecular weight is 399 g/mol. The third-order valence-corrected chi connectivity index (χ3v) is 6.90. The molecule has 2 aliphatic rings. The zero-order chi connectivity index (χ0) is 19.7. The Balaban J connectivity index is 1.43. The van der Waals surface area contributed by atoms with Gasteiger partial charge in [0.05, 0.1) is 11.4 Å². The predicted molar refractivity (Wildman–Crippen MR) is 108 cm³/mol. The fourth-order valence-corrected chi connectivity index (χ4v) is 5.12. The molecule has 0 aromatic heterocycles. The lowest BCUT2D eigenvalue weighted by Gasteiger charge is -2.17. The standard InChI is InChI=1S/C20H21N3O4S/c24-19-3-1-12-22(19)17-8-4-15(5-9-17)20(25)21-16-6-10-18(11-7-16)23-13-2-14-28(23,26)27/h4-11H,1-3,12-14H2,(H,21,25). The molecule has 0 bridgehead atoms. The highest BCUT2D eigenvalue weighted by molar-refractivity contribution is 7.93. The Bertz CT molecular complexity index is 1000. The molecule has 2 amide bonds. The molecule has 2 aromatic rings.